The maximum absolute atomic E-state index is 7.11. The first-order valence-electron chi connectivity index (χ1n) is 9.48. The van der Waals surface area contributed by atoms with Gasteiger partial charge in [-0.15, -0.1) is 13.2 Å². The lowest BCUT2D eigenvalue weighted by Gasteiger charge is -2.42. The molecule has 0 fully saturated rings. The Morgan fingerprint density at radius 2 is 1.00 bits per heavy atom. The van der Waals surface area contributed by atoms with Crippen LogP contribution in [0.5, 0.6) is 0 Å². The molecule has 0 amide bonds. The Balaban J connectivity index is 2.68. The lowest BCUT2D eigenvalue weighted by atomic mass is 10.4. The second-order valence-corrected chi connectivity index (χ2v) is 19.9. The average molecular weight is 413 g/mol. The molecule has 0 bridgehead atoms. The summed E-state index contributed by atoms with van der Waals surface area (Å²) in [6.07, 6.45) is 3.96. The van der Waals surface area contributed by atoms with Crippen LogP contribution in [-0.4, -0.2) is 25.2 Å². The van der Waals surface area contributed by atoms with E-state index in [1.165, 1.54) is 10.4 Å². The molecule has 0 aliphatic rings. The Morgan fingerprint density at radius 3 is 1.30 bits per heavy atom. The molecule has 0 atom stereocenters. The SMILES string of the molecule is C=CC[Si](C)(C)O[Si](O[Si](C)(C)CC=C)(c1ccccc1)c1ccccc1. The van der Waals surface area contributed by atoms with Crippen molar-refractivity contribution in [2.24, 2.45) is 0 Å². The van der Waals surface area contributed by atoms with E-state index in [9.17, 15) is 0 Å². The zero-order chi connectivity index (χ0) is 20.0. The maximum atomic E-state index is 7.11. The van der Waals surface area contributed by atoms with Crippen LogP contribution in [0.3, 0.4) is 0 Å². The van der Waals surface area contributed by atoms with Crippen LogP contribution in [-0.2, 0) is 8.23 Å². The largest absolute Gasteiger partial charge is 0.430 e. The molecule has 0 saturated carbocycles. The second kappa shape index (κ2) is 9.12. The molecule has 0 unspecified atom stereocenters. The van der Waals surface area contributed by atoms with Gasteiger partial charge in [-0.05, 0) is 48.6 Å². The highest BCUT2D eigenvalue weighted by Gasteiger charge is 2.49. The summed E-state index contributed by atoms with van der Waals surface area (Å²) in [4.78, 5) is 0. The fraction of sp³-hybridized carbons (Fsp3) is 0.273. The van der Waals surface area contributed by atoms with E-state index in [0.29, 0.717) is 0 Å². The Labute approximate surface area is 168 Å². The van der Waals surface area contributed by atoms with Gasteiger partial charge in [-0.3, -0.25) is 0 Å². The minimum absolute atomic E-state index is 0.897. The van der Waals surface area contributed by atoms with Crippen molar-refractivity contribution in [1.82, 2.24) is 0 Å². The molecule has 0 heterocycles. The molecule has 0 saturated heterocycles. The Hall–Kier alpha value is -1.51. The molecule has 5 heteroatoms. The van der Waals surface area contributed by atoms with Crippen molar-refractivity contribution in [2.75, 3.05) is 0 Å². The number of rotatable bonds is 10. The van der Waals surface area contributed by atoms with Gasteiger partial charge in [0.05, 0.1) is 0 Å². The van der Waals surface area contributed by atoms with Crippen molar-refractivity contribution in [3.05, 3.63) is 86.0 Å². The van der Waals surface area contributed by atoms with Gasteiger partial charge in [0.15, 0.2) is 16.6 Å². The van der Waals surface area contributed by atoms with E-state index in [0.717, 1.165) is 12.1 Å². The third-order valence-electron chi connectivity index (χ3n) is 4.42. The van der Waals surface area contributed by atoms with E-state index < -0.39 is 25.2 Å². The van der Waals surface area contributed by atoms with Gasteiger partial charge >= 0.3 is 8.56 Å². The summed E-state index contributed by atoms with van der Waals surface area (Å²) in [6, 6.07) is 22.9. The van der Waals surface area contributed by atoms with Gasteiger partial charge in [0.2, 0.25) is 0 Å². The summed E-state index contributed by atoms with van der Waals surface area (Å²) in [5, 5.41) is 2.34. The first-order valence-corrected chi connectivity index (χ1v) is 17.5. The molecule has 2 aromatic carbocycles. The van der Waals surface area contributed by atoms with Gasteiger partial charge in [-0.25, -0.2) is 0 Å². The predicted molar refractivity (Wildman–Crippen MR) is 125 cm³/mol. The third-order valence-corrected chi connectivity index (χ3v) is 15.9. The number of benzene rings is 2. The number of hydrogen-bond donors (Lipinski definition) is 0. The van der Waals surface area contributed by atoms with Crippen LogP contribution >= 0.6 is 0 Å². The summed E-state index contributed by atoms with van der Waals surface area (Å²) in [6.45, 7) is 16.9. The van der Waals surface area contributed by atoms with Crippen LogP contribution in [0.2, 0.25) is 38.3 Å². The van der Waals surface area contributed by atoms with Crippen molar-refractivity contribution < 1.29 is 8.23 Å². The fourth-order valence-electron chi connectivity index (χ4n) is 3.30. The molecule has 0 N–H and O–H groups in total. The molecule has 2 aromatic rings. The summed E-state index contributed by atoms with van der Waals surface area (Å²) in [5.74, 6) is 0. The first kappa shape index (κ1) is 21.8. The van der Waals surface area contributed by atoms with Gasteiger partial charge in [0.25, 0.3) is 0 Å². The first-order chi connectivity index (χ1) is 12.7. The highest BCUT2D eigenvalue weighted by molar-refractivity contribution is 7.02. The standard InChI is InChI=1S/C22H32O2Si3/c1-7-19-25(3,4)23-27(21-15-11-9-12-16-21,22-17-13-10-14-18-22)24-26(5,6)20-8-2/h7-18H,1-2,19-20H2,3-6H3. The molecule has 27 heavy (non-hydrogen) atoms. The molecule has 0 aliphatic heterocycles. The van der Waals surface area contributed by atoms with Crippen molar-refractivity contribution in [3.63, 3.8) is 0 Å². The molecule has 0 aliphatic carbocycles. The molecule has 0 aromatic heterocycles. The lowest BCUT2D eigenvalue weighted by molar-refractivity contribution is 0.409. The molecule has 2 rings (SSSR count). The van der Waals surface area contributed by atoms with Crippen LogP contribution in [0.1, 0.15) is 0 Å². The fourth-order valence-corrected chi connectivity index (χ4v) is 15.6. The molecule has 144 valence electrons. The Morgan fingerprint density at radius 1 is 0.667 bits per heavy atom. The second-order valence-electron chi connectivity index (χ2n) is 8.06. The van der Waals surface area contributed by atoms with E-state index in [1.807, 2.05) is 24.3 Å². The van der Waals surface area contributed by atoms with Crippen molar-refractivity contribution in [3.8, 4) is 0 Å². The third kappa shape index (κ3) is 5.73. The Kier molecular flexibility index (Phi) is 7.36. The van der Waals surface area contributed by atoms with E-state index >= 15 is 0 Å². The van der Waals surface area contributed by atoms with Gasteiger partial charge in [-0.1, -0.05) is 72.8 Å². The summed E-state index contributed by atoms with van der Waals surface area (Å²) in [5.41, 5.74) is 0. The summed E-state index contributed by atoms with van der Waals surface area (Å²) < 4.78 is 14.2. The quantitative estimate of drug-likeness (QED) is 0.401. The van der Waals surface area contributed by atoms with E-state index in [1.54, 1.807) is 0 Å². The molecular formula is C22H32O2Si3. The maximum Gasteiger partial charge on any atom is 0.386 e. The predicted octanol–water partition coefficient (Wildman–Crippen LogP) is 5.06. The zero-order valence-electron chi connectivity index (χ0n) is 17.1. The highest BCUT2D eigenvalue weighted by atomic mass is 28.5. The van der Waals surface area contributed by atoms with Gasteiger partial charge in [0, 0.05) is 0 Å². The monoisotopic (exact) mass is 412 g/mol. The Bertz CT molecular complexity index is 677. The zero-order valence-corrected chi connectivity index (χ0v) is 20.1. The van der Waals surface area contributed by atoms with Crippen molar-refractivity contribution >= 4 is 35.6 Å². The smallest absolute Gasteiger partial charge is 0.386 e. The van der Waals surface area contributed by atoms with Crippen LogP contribution in [0.25, 0.3) is 0 Å². The lowest BCUT2D eigenvalue weighted by Crippen LogP contribution is -2.70. The molecule has 2 nitrogen and oxygen atoms in total. The summed E-state index contributed by atoms with van der Waals surface area (Å²) in [7, 11) is -6.89. The molecular weight excluding hydrogens is 380 g/mol. The summed E-state index contributed by atoms with van der Waals surface area (Å²) >= 11 is 0. The van der Waals surface area contributed by atoms with Crippen LogP contribution in [0, 0.1) is 0 Å². The minimum atomic E-state index is -2.87. The average Bonchev–Trinajstić information content (AvgIpc) is 2.62. The van der Waals surface area contributed by atoms with Crippen molar-refractivity contribution in [2.45, 2.75) is 38.3 Å². The van der Waals surface area contributed by atoms with E-state index in [2.05, 4.69) is 87.9 Å². The van der Waals surface area contributed by atoms with Crippen LogP contribution in [0.4, 0.5) is 0 Å². The minimum Gasteiger partial charge on any atom is -0.430 e. The topological polar surface area (TPSA) is 18.5 Å². The van der Waals surface area contributed by atoms with E-state index in [-0.39, 0.29) is 0 Å². The van der Waals surface area contributed by atoms with Crippen molar-refractivity contribution in [1.29, 1.82) is 0 Å². The normalized spacial score (nSPS) is 12.6. The van der Waals surface area contributed by atoms with E-state index in [4.69, 9.17) is 8.23 Å². The highest BCUT2D eigenvalue weighted by Crippen LogP contribution is 2.25. The van der Waals surface area contributed by atoms with Crippen LogP contribution < -0.4 is 10.4 Å². The van der Waals surface area contributed by atoms with Gasteiger partial charge in [0.1, 0.15) is 0 Å². The molecule has 0 radical (unpaired) electrons. The number of allylic oxidation sites excluding steroid dienone is 2. The van der Waals surface area contributed by atoms with Gasteiger partial charge < -0.3 is 8.23 Å². The van der Waals surface area contributed by atoms with Gasteiger partial charge in [-0.2, -0.15) is 0 Å². The van der Waals surface area contributed by atoms with Crippen LogP contribution in [0.15, 0.2) is 86.0 Å². The molecule has 0 spiro atoms. The number of hydrogen-bond acceptors (Lipinski definition) is 2.